The van der Waals surface area contributed by atoms with Crippen molar-refractivity contribution in [3.8, 4) is 0 Å². The molecule has 606 valence electrons. The van der Waals surface area contributed by atoms with Gasteiger partial charge in [-0.3, -0.25) is 4.79 Å². The van der Waals surface area contributed by atoms with E-state index >= 15 is 0 Å². The van der Waals surface area contributed by atoms with E-state index in [9.17, 15) is 61.0 Å². The minimum Gasteiger partial charge on any atom is -0.394 e. The first-order valence-electron chi connectivity index (χ1n) is 41.1. The summed E-state index contributed by atoms with van der Waals surface area (Å²) < 4.78 is 34.4. The molecule has 19 heteroatoms. The van der Waals surface area contributed by atoms with Gasteiger partial charge in [0.25, 0.3) is 0 Å². The molecule has 3 saturated heterocycles. The zero-order chi connectivity index (χ0) is 76.7. The van der Waals surface area contributed by atoms with Crippen LogP contribution in [0.5, 0.6) is 0 Å². The van der Waals surface area contributed by atoms with Gasteiger partial charge in [0.15, 0.2) is 18.9 Å². The maximum atomic E-state index is 13.5. The lowest BCUT2D eigenvalue weighted by atomic mass is 9.96. The van der Waals surface area contributed by atoms with Crippen LogP contribution in [0, 0.1) is 0 Å². The first kappa shape index (κ1) is 95.9. The van der Waals surface area contributed by atoms with E-state index in [4.69, 9.17) is 28.4 Å². The Morgan fingerprint density at radius 1 is 0.349 bits per heavy atom. The number of ether oxygens (including phenoxy) is 6. The third-order valence-electron chi connectivity index (χ3n) is 19.4. The molecule has 3 heterocycles. The van der Waals surface area contributed by atoms with Crippen LogP contribution in [0.25, 0.3) is 0 Å². The van der Waals surface area contributed by atoms with Gasteiger partial charge in [-0.05, 0) is 103 Å². The molecule has 0 saturated carbocycles. The summed E-state index contributed by atoms with van der Waals surface area (Å²) in [4.78, 5) is 13.5. The fraction of sp³-hybridized carbons (Fsp3) is 0.713. The number of hydrogen-bond acceptors (Lipinski definition) is 18. The van der Waals surface area contributed by atoms with E-state index in [1.807, 2.05) is 6.08 Å². The Balaban J connectivity index is 1.35. The van der Waals surface area contributed by atoms with E-state index in [0.717, 1.165) is 141 Å². The van der Waals surface area contributed by atoms with Gasteiger partial charge >= 0.3 is 0 Å². The highest BCUT2D eigenvalue weighted by molar-refractivity contribution is 5.76. The molecule has 17 atom stereocenters. The highest BCUT2D eigenvalue weighted by atomic mass is 16.8. The minimum atomic E-state index is -1.99. The summed E-state index contributed by atoms with van der Waals surface area (Å²) in [5.74, 6) is -0.291. The van der Waals surface area contributed by atoms with Gasteiger partial charge in [0, 0.05) is 6.42 Å². The van der Waals surface area contributed by atoms with Crippen molar-refractivity contribution in [2.24, 2.45) is 0 Å². The second-order valence-electron chi connectivity index (χ2n) is 28.5. The fourth-order valence-electron chi connectivity index (χ4n) is 12.8. The van der Waals surface area contributed by atoms with Crippen molar-refractivity contribution in [3.63, 3.8) is 0 Å². The molecule has 106 heavy (non-hydrogen) atoms. The summed E-state index contributed by atoms with van der Waals surface area (Å²) in [6.07, 6.45) is 68.2. The number of unbranched alkanes of at least 4 members (excludes halogenated alkanes) is 25. The van der Waals surface area contributed by atoms with Crippen LogP contribution < -0.4 is 5.32 Å². The van der Waals surface area contributed by atoms with Gasteiger partial charge < -0.3 is 89.9 Å². The van der Waals surface area contributed by atoms with Crippen molar-refractivity contribution >= 4 is 5.91 Å². The molecule has 0 aromatic rings. The topological polar surface area (TPSA) is 307 Å². The van der Waals surface area contributed by atoms with Crippen LogP contribution in [0.4, 0.5) is 0 Å². The molecule has 3 aliphatic heterocycles. The molecule has 0 radical (unpaired) electrons. The van der Waals surface area contributed by atoms with E-state index in [1.165, 1.54) is 96.3 Å². The maximum absolute atomic E-state index is 13.5. The van der Waals surface area contributed by atoms with E-state index in [0.29, 0.717) is 6.42 Å². The smallest absolute Gasteiger partial charge is 0.220 e. The SMILES string of the molecule is CC/C=C\C/C=C\C/C=C\C/C=C\C/C=C\C/C=C\C/C=C\C/C=C\C/C=C\C/C=C\C/C=C\CCCCCCCCCC(=O)NC(COC1OC(CO)C(OC2OC(CO)C(OC3OC(CO)C(O)C(O)C3O)C(O)C2O)C(O)C1O)C(O)/C=C/CCCCCCCCCCCCCCCCCCCC. The van der Waals surface area contributed by atoms with Crippen LogP contribution in [-0.4, -0.2) is 193 Å². The van der Waals surface area contributed by atoms with Gasteiger partial charge in [-0.2, -0.15) is 0 Å². The first-order valence-corrected chi connectivity index (χ1v) is 41.1. The van der Waals surface area contributed by atoms with Crippen molar-refractivity contribution in [1.29, 1.82) is 0 Å². The average Bonchev–Trinajstić information content (AvgIpc) is 0.780. The van der Waals surface area contributed by atoms with Crippen molar-refractivity contribution in [3.05, 3.63) is 146 Å². The summed E-state index contributed by atoms with van der Waals surface area (Å²) in [5.41, 5.74) is 0. The Labute approximate surface area is 638 Å². The Bertz CT molecular complexity index is 2490. The minimum absolute atomic E-state index is 0.222. The van der Waals surface area contributed by atoms with E-state index in [-0.39, 0.29) is 18.9 Å². The second kappa shape index (κ2) is 65.4. The fourth-order valence-corrected chi connectivity index (χ4v) is 12.8. The lowest BCUT2D eigenvalue weighted by molar-refractivity contribution is -0.379. The number of aliphatic hydroxyl groups is 11. The molecule has 19 nitrogen and oxygen atoms in total. The van der Waals surface area contributed by atoms with E-state index in [1.54, 1.807) is 6.08 Å². The number of amides is 1. The Kier molecular flexibility index (Phi) is 59.1. The molecule has 1 amide bonds. The molecule has 3 aliphatic rings. The average molecular weight is 1490 g/mol. The summed E-state index contributed by atoms with van der Waals surface area (Å²) >= 11 is 0. The standard InChI is InChI=1S/C87H145NO18/c1-3-5-7-9-11-13-15-17-19-21-23-25-26-27-28-29-30-31-32-33-34-35-36-37-38-39-40-41-42-43-44-45-47-49-51-53-55-57-59-61-63-65-75(93)88-70(71(92)64-62-60-58-56-54-52-50-48-46-24-22-20-18-16-14-12-10-8-6-4-2)69-101-85-81(99)78(96)83(73(67-90)103-85)106-87-82(100)79(97)84(74(68-91)104-87)105-86-80(98)77(95)76(94)72(66-89)102-86/h5,7,11,13,17,19,23,25,27-28,30-31,33-34,36-37,39-40,42-43,45,47,62,64,70-74,76-87,89-92,94-100H,3-4,6,8-10,12,14-16,18,20-22,24,26,29,32,35,38,41,44,46,48-61,63,65-69H2,1-2H3,(H,88,93)/b7-5-,13-11-,19-17-,25-23-,28-27-,31-30-,34-33-,37-36-,40-39-,43-42-,47-45-,64-62+. The number of nitrogens with one attached hydrogen (secondary N) is 1. The van der Waals surface area contributed by atoms with Crippen LogP contribution in [0.3, 0.4) is 0 Å². The van der Waals surface area contributed by atoms with E-state index in [2.05, 4.69) is 153 Å². The highest BCUT2D eigenvalue weighted by Crippen LogP contribution is 2.33. The monoisotopic (exact) mass is 1490 g/mol. The molecule has 0 spiro atoms. The van der Waals surface area contributed by atoms with Gasteiger partial charge in [0.05, 0.1) is 38.6 Å². The van der Waals surface area contributed by atoms with Crippen LogP contribution in [0.1, 0.15) is 264 Å². The number of carbonyl (C=O) groups is 1. The zero-order valence-corrected chi connectivity index (χ0v) is 64.9. The van der Waals surface area contributed by atoms with Crippen molar-refractivity contribution < 1.29 is 89.4 Å². The zero-order valence-electron chi connectivity index (χ0n) is 64.9. The first-order chi connectivity index (χ1) is 51.8. The van der Waals surface area contributed by atoms with E-state index < -0.39 is 124 Å². The number of rotatable bonds is 63. The lowest BCUT2D eigenvalue weighted by Crippen LogP contribution is -2.66. The molecular weight excluding hydrogens is 1350 g/mol. The summed E-state index contributed by atoms with van der Waals surface area (Å²) in [6, 6.07) is -0.991. The number of carbonyl (C=O) groups excluding carboxylic acids is 1. The quantitative estimate of drug-likeness (QED) is 0.0199. The number of aliphatic hydroxyl groups excluding tert-OH is 11. The number of allylic oxidation sites excluding steroid dienone is 23. The largest absolute Gasteiger partial charge is 0.394 e. The third-order valence-corrected chi connectivity index (χ3v) is 19.4. The predicted molar refractivity (Wildman–Crippen MR) is 424 cm³/mol. The molecule has 0 aromatic heterocycles. The van der Waals surface area contributed by atoms with Crippen molar-refractivity contribution in [2.75, 3.05) is 26.4 Å². The van der Waals surface area contributed by atoms with Gasteiger partial charge in [-0.1, -0.05) is 301 Å². The van der Waals surface area contributed by atoms with Crippen molar-refractivity contribution in [2.45, 2.75) is 369 Å². The highest BCUT2D eigenvalue weighted by Gasteiger charge is 2.54. The normalized spacial score (nSPS) is 26.4. The Morgan fingerprint density at radius 2 is 0.651 bits per heavy atom. The molecular formula is C87H145NO18. The third kappa shape index (κ3) is 44.5. The Hall–Kier alpha value is -4.33. The molecule has 0 aliphatic carbocycles. The lowest BCUT2D eigenvalue weighted by Gasteiger charge is -2.48. The molecule has 17 unspecified atom stereocenters. The van der Waals surface area contributed by atoms with Crippen LogP contribution >= 0.6 is 0 Å². The predicted octanol–water partition coefficient (Wildman–Crippen LogP) is 14.2. The van der Waals surface area contributed by atoms with Crippen LogP contribution in [0.15, 0.2) is 146 Å². The molecule has 0 bridgehead atoms. The molecule has 12 N–H and O–H groups in total. The van der Waals surface area contributed by atoms with Crippen molar-refractivity contribution in [1.82, 2.24) is 5.32 Å². The molecule has 0 aromatic carbocycles. The second-order valence-corrected chi connectivity index (χ2v) is 28.5. The Morgan fingerprint density at radius 3 is 1.02 bits per heavy atom. The van der Waals surface area contributed by atoms with Crippen LogP contribution in [0.2, 0.25) is 0 Å². The van der Waals surface area contributed by atoms with Gasteiger partial charge in [-0.25, -0.2) is 0 Å². The van der Waals surface area contributed by atoms with Gasteiger partial charge in [-0.15, -0.1) is 0 Å². The summed E-state index contributed by atoms with van der Waals surface area (Å²) in [5, 5.41) is 121. The summed E-state index contributed by atoms with van der Waals surface area (Å²) in [6.45, 7) is 1.62. The molecule has 3 rings (SSSR count). The van der Waals surface area contributed by atoms with Gasteiger partial charge in [0.1, 0.15) is 73.2 Å². The molecule has 3 fully saturated rings. The maximum Gasteiger partial charge on any atom is 0.220 e. The number of hydrogen-bond donors (Lipinski definition) is 12. The van der Waals surface area contributed by atoms with Crippen LogP contribution in [-0.2, 0) is 33.2 Å². The van der Waals surface area contributed by atoms with Gasteiger partial charge in [0.2, 0.25) is 5.91 Å². The summed E-state index contributed by atoms with van der Waals surface area (Å²) in [7, 11) is 0.